The van der Waals surface area contributed by atoms with Gasteiger partial charge in [-0.1, -0.05) is 36.4 Å². The lowest BCUT2D eigenvalue weighted by molar-refractivity contribution is -0.119. The third kappa shape index (κ3) is 3.83. The zero-order valence-electron chi connectivity index (χ0n) is 15.1. The lowest BCUT2D eigenvalue weighted by Gasteiger charge is -2.22. The summed E-state index contributed by atoms with van der Waals surface area (Å²) in [5, 5.41) is 12.7. The topological polar surface area (TPSA) is 102 Å². The first-order chi connectivity index (χ1) is 13.1. The number of benzene rings is 1. The van der Waals surface area contributed by atoms with Gasteiger partial charge in [0.1, 0.15) is 0 Å². The molecule has 2 fully saturated rings. The summed E-state index contributed by atoms with van der Waals surface area (Å²) in [6.45, 7) is 1.85. The third-order valence-electron chi connectivity index (χ3n) is 5.52. The summed E-state index contributed by atoms with van der Waals surface area (Å²) in [4.78, 5) is 24.2. The third-order valence-corrected chi connectivity index (χ3v) is 6.45. The number of hydrogen-bond donors (Lipinski definition) is 2. The maximum atomic E-state index is 12.1. The second-order valence-corrected chi connectivity index (χ2v) is 8.20. The van der Waals surface area contributed by atoms with Crippen LogP contribution in [0.3, 0.4) is 0 Å². The molecule has 1 aromatic carbocycles. The number of hydrazine groups is 1. The zero-order valence-corrected chi connectivity index (χ0v) is 15.9. The van der Waals surface area contributed by atoms with E-state index in [1.165, 1.54) is 31.0 Å². The van der Waals surface area contributed by atoms with E-state index in [-0.39, 0.29) is 17.6 Å². The quantitative estimate of drug-likeness (QED) is 0.601. The molecule has 1 aromatic heterocycles. The smallest absolute Gasteiger partial charge is 0.269 e. The molecule has 0 aliphatic heterocycles. The molecule has 0 saturated heterocycles. The van der Waals surface area contributed by atoms with Crippen LogP contribution in [-0.2, 0) is 4.79 Å². The molecule has 9 heteroatoms. The van der Waals surface area contributed by atoms with Crippen LogP contribution in [0.5, 0.6) is 0 Å². The average Bonchev–Trinajstić information content (AvgIpc) is 3.41. The molecule has 2 saturated carbocycles. The molecular weight excluding hydrogens is 364 g/mol. The number of carbonyl (C=O) groups is 2. The summed E-state index contributed by atoms with van der Waals surface area (Å²) in [7, 11) is 0. The minimum Gasteiger partial charge on any atom is -0.272 e. The molecule has 2 N–H and O–H groups in total. The van der Waals surface area contributed by atoms with Crippen molar-refractivity contribution >= 4 is 23.6 Å². The van der Waals surface area contributed by atoms with Crippen molar-refractivity contribution in [2.45, 2.75) is 43.8 Å². The van der Waals surface area contributed by atoms with E-state index in [0.717, 1.165) is 17.9 Å². The van der Waals surface area contributed by atoms with E-state index in [9.17, 15) is 9.59 Å². The second-order valence-electron chi connectivity index (χ2n) is 7.25. The van der Waals surface area contributed by atoms with Crippen molar-refractivity contribution in [3.05, 3.63) is 35.4 Å². The predicted molar refractivity (Wildman–Crippen MR) is 99.8 cm³/mol. The van der Waals surface area contributed by atoms with Crippen LogP contribution < -0.4 is 10.9 Å². The van der Waals surface area contributed by atoms with Crippen molar-refractivity contribution in [1.29, 1.82) is 0 Å². The maximum Gasteiger partial charge on any atom is 0.269 e. The zero-order chi connectivity index (χ0) is 18.8. The molecule has 2 aliphatic rings. The molecule has 27 heavy (non-hydrogen) atoms. The van der Waals surface area contributed by atoms with E-state index in [4.69, 9.17) is 0 Å². The largest absolute Gasteiger partial charge is 0.272 e. The van der Waals surface area contributed by atoms with E-state index in [1.807, 2.05) is 23.7 Å². The fourth-order valence-corrected chi connectivity index (χ4v) is 4.92. The highest BCUT2D eigenvalue weighted by atomic mass is 32.2. The Morgan fingerprint density at radius 3 is 2.81 bits per heavy atom. The standard InChI is InChI=1S/C18H22N6O2S/c1-11-4-2-3-5-14(11)17(26)20-19-16(25)10-27-18-21-22-23-24(18)15-9-12-6-7-13(15)8-12/h2-5,12-13,15H,6-10H2,1H3,(H,19,25)(H,20,26). The minimum absolute atomic E-state index is 0.134. The van der Waals surface area contributed by atoms with Crippen LogP contribution in [0.2, 0.25) is 0 Å². The summed E-state index contributed by atoms with van der Waals surface area (Å²) in [6, 6.07) is 7.57. The number of aryl methyl sites for hydroxylation is 1. The fraction of sp³-hybridized carbons (Fsp3) is 0.500. The van der Waals surface area contributed by atoms with Gasteiger partial charge in [0.15, 0.2) is 0 Å². The number of amides is 2. The SMILES string of the molecule is Cc1ccccc1C(=O)NNC(=O)CSc1nnnn1C1CC2CCC1C2. The van der Waals surface area contributed by atoms with Gasteiger partial charge in [-0.25, -0.2) is 4.68 Å². The highest BCUT2D eigenvalue weighted by molar-refractivity contribution is 7.99. The van der Waals surface area contributed by atoms with Gasteiger partial charge in [0.05, 0.1) is 11.8 Å². The molecule has 3 atom stereocenters. The van der Waals surface area contributed by atoms with Gasteiger partial charge in [0.2, 0.25) is 11.1 Å². The second kappa shape index (κ2) is 7.67. The molecule has 2 amide bonds. The molecule has 0 radical (unpaired) electrons. The average molecular weight is 386 g/mol. The summed E-state index contributed by atoms with van der Waals surface area (Å²) in [5.74, 6) is 0.944. The van der Waals surface area contributed by atoms with Crippen molar-refractivity contribution in [3.8, 4) is 0 Å². The van der Waals surface area contributed by atoms with Gasteiger partial charge in [-0.05, 0) is 60.1 Å². The molecule has 2 aliphatic carbocycles. The minimum atomic E-state index is -0.335. The number of nitrogens with zero attached hydrogens (tertiary/aromatic N) is 4. The predicted octanol–water partition coefficient (Wildman–Crippen LogP) is 1.90. The van der Waals surface area contributed by atoms with Crippen LogP contribution in [0.15, 0.2) is 29.4 Å². The van der Waals surface area contributed by atoms with Gasteiger partial charge < -0.3 is 0 Å². The fourth-order valence-electron chi connectivity index (χ4n) is 4.19. The van der Waals surface area contributed by atoms with E-state index < -0.39 is 0 Å². The number of thioether (sulfide) groups is 1. The molecule has 1 heterocycles. The van der Waals surface area contributed by atoms with E-state index >= 15 is 0 Å². The number of fused-ring (bicyclic) bond motifs is 2. The lowest BCUT2D eigenvalue weighted by atomic mass is 9.96. The summed E-state index contributed by atoms with van der Waals surface area (Å²) in [6.07, 6.45) is 4.95. The number of tetrazole rings is 1. The van der Waals surface area contributed by atoms with Gasteiger partial charge in [-0.2, -0.15) is 0 Å². The van der Waals surface area contributed by atoms with Crippen molar-refractivity contribution in [2.75, 3.05) is 5.75 Å². The van der Waals surface area contributed by atoms with Gasteiger partial charge in [0, 0.05) is 5.56 Å². The van der Waals surface area contributed by atoms with Crippen LogP contribution in [0.25, 0.3) is 0 Å². The van der Waals surface area contributed by atoms with Crippen LogP contribution in [0, 0.1) is 18.8 Å². The Labute approximate surface area is 161 Å². The normalized spacial score (nSPS) is 23.4. The number of rotatable bonds is 5. The van der Waals surface area contributed by atoms with Crippen LogP contribution in [0.4, 0.5) is 0 Å². The van der Waals surface area contributed by atoms with E-state index in [2.05, 4.69) is 26.4 Å². The van der Waals surface area contributed by atoms with Crippen molar-refractivity contribution in [1.82, 2.24) is 31.1 Å². The Hall–Kier alpha value is -2.42. The Morgan fingerprint density at radius 2 is 2.07 bits per heavy atom. The number of aromatic nitrogens is 4. The van der Waals surface area contributed by atoms with Gasteiger partial charge in [-0.15, -0.1) is 5.10 Å². The molecule has 2 bridgehead atoms. The number of nitrogens with one attached hydrogen (secondary N) is 2. The summed E-state index contributed by atoms with van der Waals surface area (Å²) >= 11 is 1.29. The first kappa shape index (κ1) is 18.0. The summed E-state index contributed by atoms with van der Waals surface area (Å²) < 4.78 is 1.88. The molecule has 8 nitrogen and oxygen atoms in total. The van der Waals surface area contributed by atoms with E-state index in [1.54, 1.807) is 12.1 Å². The highest BCUT2D eigenvalue weighted by Gasteiger charge is 2.42. The van der Waals surface area contributed by atoms with Crippen molar-refractivity contribution in [2.24, 2.45) is 11.8 Å². The molecule has 4 rings (SSSR count). The van der Waals surface area contributed by atoms with Crippen LogP contribution in [0.1, 0.15) is 47.6 Å². The Balaban J connectivity index is 1.28. The van der Waals surface area contributed by atoms with Gasteiger partial charge in [0.25, 0.3) is 5.91 Å². The van der Waals surface area contributed by atoms with E-state index in [0.29, 0.717) is 22.7 Å². The first-order valence-corrected chi connectivity index (χ1v) is 10.2. The Kier molecular flexibility index (Phi) is 5.11. The summed E-state index contributed by atoms with van der Waals surface area (Å²) in [5.41, 5.74) is 6.28. The number of hydrogen-bond acceptors (Lipinski definition) is 6. The van der Waals surface area contributed by atoms with Crippen LogP contribution in [-0.4, -0.2) is 37.8 Å². The monoisotopic (exact) mass is 386 g/mol. The highest BCUT2D eigenvalue weighted by Crippen LogP contribution is 2.50. The lowest BCUT2D eigenvalue weighted by Crippen LogP contribution is -2.42. The van der Waals surface area contributed by atoms with Crippen LogP contribution >= 0.6 is 11.8 Å². The maximum absolute atomic E-state index is 12.1. The van der Waals surface area contributed by atoms with Crippen molar-refractivity contribution < 1.29 is 9.59 Å². The first-order valence-electron chi connectivity index (χ1n) is 9.17. The molecule has 2 aromatic rings. The number of carbonyl (C=O) groups excluding carboxylic acids is 2. The van der Waals surface area contributed by atoms with Crippen molar-refractivity contribution in [3.63, 3.8) is 0 Å². The Morgan fingerprint density at radius 1 is 1.22 bits per heavy atom. The molecule has 3 unspecified atom stereocenters. The molecule has 142 valence electrons. The van der Waals surface area contributed by atoms with Gasteiger partial charge >= 0.3 is 0 Å². The van der Waals surface area contributed by atoms with Gasteiger partial charge in [-0.3, -0.25) is 20.4 Å². The molecular formula is C18H22N6O2S. The Bertz CT molecular complexity index is 854. The molecule has 0 spiro atoms.